The van der Waals surface area contributed by atoms with Gasteiger partial charge < -0.3 is 24.3 Å². The van der Waals surface area contributed by atoms with Crippen LogP contribution in [0, 0.1) is 0 Å². The van der Waals surface area contributed by atoms with Crippen molar-refractivity contribution in [1.29, 1.82) is 0 Å². The van der Waals surface area contributed by atoms with Crippen LogP contribution < -0.4 is 14.8 Å². The van der Waals surface area contributed by atoms with Gasteiger partial charge in [0.05, 0.1) is 6.54 Å². The molecule has 7 heteroatoms. The number of alkyl carbamates (subject to hydrolysis) is 1. The normalized spacial score (nSPS) is 14.1. The highest BCUT2D eigenvalue weighted by molar-refractivity contribution is 5.95. The molecule has 1 heterocycles. The number of nitrogens with one attached hydrogen (secondary N) is 1. The van der Waals surface area contributed by atoms with E-state index in [9.17, 15) is 9.59 Å². The number of carbonyl (C=O) groups is 2. The van der Waals surface area contributed by atoms with E-state index in [1.165, 1.54) is 6.08 Å². The molecule has 0 aliphatic carbocycles. The maximum atomic E-state index is 12.5. The first kappa shape index (κ1) is 21.3. The standard InChI is InChI=1S/C21H27NO6/c1-6-10-26-20(24)22-9-11-25-16-12-15(8-7-14(2)3)18-17(13-16)27-21(4,5)28-19(18)23/h6-7,12-13H,1,8-11H2,2-5H3,(H,22,24). The van der Waals surface area contributed by atoms with Gasteiger partial charge in [-0.2, -0.15) is 0 Å². The molecular weight excluding hydrogens is 362 g/mol. The monoisotopic (exact) mass is 389 g/mol. The van der Waals surface area contributed by atoms with Crippen LogP contribution >= 0.6 is 0 Å². The molecule has 0 spiro atoms. The lowest BCUT2D eigenvalue weighted by atomic mass is 10.0. The van der Waals surface area contributed by atoms with E-state index in [1.54, 1.807) is 26.0 Å². The van der Waals surface area contributed by atoms with Gasteiger partial charge >= 0.3 is 12.1 Å². The molecule has 1 aromatic carbocycles. The Balaban J connectivity index is 2.13. The van der Waals surface area contributed by atoms with E-state index in [1.807, 2.05) is 19.9 Å². The largest absolute Gasteiger partial charge is 0.492 e. The van der Waals surface area contributed by atoms with Gasteiger partial charge in [0.2, 0.25) is 5.79 Å². The van der Waals surface area contributed by atoms with Crippen LogP contribution in [-0.2, 0) is 15.9 Å². The molecule has 1 aromatic rings. The average molecular weight is 389 g/mol. The van der Waals surface area contributed by atoms with Crippen LogP contribution in [0.3, 0.4) is 0 Å². The van der Waals surface area contributed by atoms with E-state index in [-0.39, 0.29) is 19.8 Å². The maximum Gasteiger partial charge on any atom is 0.407 e. The molecule has 1 N–H and O–H groups in total. The van der Waals surface area contributed by atoms with Gasteiger partial charge in [0.1, 0.15) is 30.3 Å². The summed E-state index contributed by atoms with van der Waals surface area (Å²) in [4.78, 5) is 23.9. The molecule has 0 aromatic heterocycles. The molecule has 0 fully saturated rings. The zero-order chi connectivity index (χ0) is 20.7. The second-order valence-electron chi connectivity index (χ2n) is 6.99. The highest BCUT2D eigenvalue weighted by Gasteiger charge is 2.35. The van der Waals surface area contributed by atoms with Gasteiger partial charge in [-0.25, -0.2) is 9.59 Å². The summed E-state index contributed by atoms with van der Waals surface area (Å²) in [5.41, 5.74) is 2.30. The molecule has 0 saturated carbocycles. The highest BCUT2D eigenvalue weighted by atomic mass is 16.7. The summed E-state index contributed by atoms with van der Waals surface area (Å²) in [5.74, 6) is -0.494. The molecule has 2 rings (SSSR count). The van der Waals surface area contributed by atoms with E-state index < -0.39 is 17.8 Å². The van der Waals surface area contributed by atoms with E-state index >= 15 is 0 Å². The van der Waals surface area contributed by atoms with Gasteiger partial charge in [-0.15, -0.1) is 0 Å². The lowest BCUT2D eigenvalue weighted by molar-refractivity contribution is -0.127. The number of hydrogen-bond acceptors (Lipinski definition) is 6. The van der Waals surface area contributed by atoms with Gasteiger partial charge in [0.15, 0.2) is 0 Å². The molecular formula is C21H27NO6. The van der Waals surface area contributed by atoms with Crippen LogP contribution in [0.25, 0.3) is 0 Å². The van der Waals surface area contributed by atoms with E-state index in [0.29, 0.717) is 23.5 Å². The summed E-state index contributed by atoms with van der Waals surface area (Å²) >= 11 is 0. The summed E-state index contributed by atoms with van der Waals surface area (Å²) < 4.78 is 21.7. The topological polar surface area (TPSA) is 83.1 Å². The molecule has 1 amide bonds. The van der Waals surface area contributed by atoms with E-state index in [0.717, 1.165) is 11.1 Å². The van der Waals surface area contributed by atoms with Gasteiger partial charge in [-0.3, -0.25) is 0 Å². The molecule has 0 bridgehead atoms. The fourth-order valence-electron chi connectivity index (χ4n) is 2.58. The van der Waals surface area contributed by atoms with E-state index in [2.05, 4.69) is 11.9 Å². The van der Waals surface area contributed by atoms with Crippen LogP contribution in [-0.4, -0.2) is 37.6 Å². The van der Waals surface area contributed by atoms with E-state index in [4.69, 9.17) is 18.9 Å². The first-order chi connectivity index (χ1) is 13.2. The number of rotatable bonds is 8. The number of cyclic esters (lactones) is 1. The summed E-state index contributed by atoms with van der Waals surface area (Å²) in [6.07, 6.45) is 3.52. The molecule has 0 unspecified atom stereocenters. The third kappa shape index (κ3) is 6.04. The molecule has 1 aliphatic rings. The summed E-state index contributed by atoms with van der Waals surface area (Å²) in [7, 11) is 0. The Morgan fingerprint density at radius 1 is 1.29 bits per heavy atom. The number of esters is 1. The van der Waals surface area contributed by atoms with Crippen LogP contribution in [0.5, 0.6) is 11.5 Å². The lowest BCUT2D eigenvalue weighted by Crippen LogP contribution is -2.39. The minimum absolute atomic E-state index is 0.147. The Hall–Kier alpha value is -2.96. The number of amides is 1. The van der Waals surface area contributed by atoms with Crippen LogP contribution in [0.2, 0.25) is 0 Å². The van der Waals surface area contributed by atoms with Gasteiger partial charge in [-0.05, 0) is 31.9 Å². The Morgan fingerprint density at radius 2 is 2.04 bits per heavy atom. The Labute approximate surface area is 165 Å². The summed E-state index contributed by atoms with van der Waals surface area (Å²) in [5, 5.41) is 2.58. The highest BCUT2D eigenvalue weighted by Crippen LogP contribution is 2.37. The fourth-order valence-corrected chi connectivity index (χ4v) is 2.58. The van der Waals surface area contributed by atoms with Crippen molar-refractivity contribution in [2.24, 2.45) is 0 Å². The Bertz CT molecular complexity index is 777. The predicted octanol–water partition coefficient (Wildman–Crippen LogP) is 3.77. The molecule has 0 atom stereocenters. The smallest absolute Gasteiger partial charge is 0.407 e. The number of benzene rings is 1. The number of hydrogen-bond donors (Lipinski definition) is 1. The minimum Gasteiger partial charge on any atom is -0.492 e. The average Bonchev–Trinajstić information content (AvgIpc) is 2.60. The van der Waals surface area contributed by atoms with Gasteiger partial charge in [0.25, 0.3) is 0 Å². The van der Waals surface area contributed by atoms with Crippen LogP contribution in [0.1, 0.15) is 43.6 Å². The number of allylic oxidation sites excluding steroid dienone is 2. The first-order valence-electron chi connectivity index (χ1n) is 9.09. The maximum absolute atomic E-state index is 12.5. The second-order valence-corrected chi connectivity index (χ2v) is 6.99. The van der Waals surface area contributed by atoms with Crippen molar-refractivity contribution in [3.05, 3.63) is 47.6 Å². The third-order valence-corrected chi connectivity index (χ3v) is 3.76. The van der Waals surface area contributed by atoms with Crippen molar-refractivity contribution in [2.75, 3.05) is 19.8 Å². The molecule has 1 aliphatic heterocycles. The lowest BCUT2D eigenvalue weighted by Gasteiger charge is -2.32. The third-order valence-electron chi connectivity index (χ3n) is 3.76. The number of fused-ring (bicyclic) bond motifs is 1. The zero-order valence-electron chi connectivity index (χ0n) is 16.8. The first-order valence-corrected chi connectivity index (χ1v) is 9.09. The molecule has 7 nitrogen and oxygen atoms in total. The van der Waals surface area contributed by atoms with Crippen LogP contribution in [0.4, 0.5) is 4.79 Å². The molecule has 0 radical (unpaired) electrons. The van der Waals surface area contributed by atoms with Crippen molar-refractivity contribution in [3.8, 4) is 11.5 Å². The predicted molar refractivity (Wildman–Crippen MR) is 105 cm³/mol. The molecule has 152 valence electrons. The number of carbonyl (C=O) groups excluding carboxylic acids is 2. The quantitative estimate of drug-likeness (QED) is 0.414. The SMILES string of the molecule is C=CCOC(=O)NCCOc1cc(CC=C(C)C)c2c(c1)OC(C)(C)OC2=O. The fraction of sp³-hybridized carbons (Fsp3) is 0.429. The summed E-state index contributed by atoms with van der Waals surface area (Å²) in [6, 6.07) is 3.46. The minimum atomic E-state index is -1.05. The Morgan fingerprint density at radius 3 is 2.71 bits per heavy atom. The van der Waals surface area contributed by atoms with Gasteiger partial charge in [-0.1, -0.05) is 24.3 Å². The van der Waals surface area contributed by atoms with Crippen LogP contribution in [0.15, 0.2) is 36.4 Å². The second kappa shape index (κ2) is 9.30. The van der Waals surface area contributed by atoms with Crippen molar-refractivity contribution >= 4 is 12.1 Å². The van der Waals surface area contributed by atoms with Crippen molar-refractivity contribution in [3.63, 3.8) is 0 Å². The van der Waals surface area contributed by atoms with Crippen molar-refractivity contribution in [1.82, 2.24) is 5.32 Å². The molecule has 28 heavy (non-hydrogen) atoms. The van der Waals surface area contributed by atoms with Gasteiger partial charge in [0, 0.05) is 19.9 Å². The van der Waals surface area contributed by atoms with Crippen molar-refractivity contribution < 1.29 is 28.5 Å². The zero-order valence-corrected chi connectivity index (χ0v) is 16.8. The number of ether oxygens (including phenoxy) is 4. The Kier molecular flexibility index (Phi) is 7.09. The molecule has 0 saturated heterocycles. The summed E-state index contributed by atoms with van der Waals surface area (Å²) in [6.45, 7) is 11.5. The van der Waals surface area contributed by atoms with Crippen molar-refractivity contribution in [2.45, 2.75) is 39.9 Å².